The third kappa shape index (κ3) is 3.89. The standard InChI is InChI=1S/C26H23N3O4/c1-15-8-11-21(14-17(15)3)28-25(30)23(19-9-12-20(13-10-19)29(32)33)24(26(28)31)27-22-7-5-6-16(2)18(22)4/h5-14,27H,1-4H3. The molecule has 3 aromatic carbocycles. The average Bonchev–Trinajstić information content (AvgIpc) is 3.03. The van der Waals surface area contributed by atoms with Crippen molar-refractivity contribution in [1.29, 1.82) is 0 Å². The zero-order valence-corrected chi connectivity index (χ0v) is 18.8. The minimum absolute atomic E-state index is 0.0915. The molecule has 1 heterocycles. The molecule has 0 atom stereocenters. The molecule has 1 aliphatic rings. The lowest BCUT2D eigenvalue weighted by atomic mass is 10.0. The van der Waals surface area contributed by atoms with Gasteiger partial charge in [-0.15, -0.1) is 0 Å². The van der Waals surface area contributed by atoms with E-state index in [9.17, 15) is 19.7 Å². The van der Waals surface area contributed by atoms with Gasteiger partial charge in [0.25, 0.3) is 17.5 Å². The van der Waals surface area contributed by atoms with E-state index < -0.39 is 16.7 Å². The Kier molecular flexibility index (Phi) is 5.55. The Morgan fingerprint density at radius 1 is 0.818 bits per heavy atom. The molecule has 2 amide bonds. The molecule has 0 fully saturated rings. The number of nitrogens with one attached hydrogen (secondary N) is 1. The van der Waals surface area contributed by atoms with Crippen molar-refractivity contribution in [2.24, 2.45) is 0 Å². The molecule has 1 N–H and O–H groups in total. The normalized spacial score (nSPS) is 13.6. The van der Waals surface area contributed by atoms with Crippen molar-refractivity contribution in [3.63, 3.8) is 0 Å². The van der Waals surface area contributed by atoms with E-state index in [0.29, 0.717) is 16.9 Å². The van der Waals surface area contributed by atoms with Crippen LogP contribution in [0.15, 0.2) is 66.4 Å². The van der Waals surface area contributed by atoms with Gasteiger partial charge in [0.15, 0.2) is 0 Å². The first-order valence-corrected chi connectivity index (χ1v) is 10.5. The van der Waals surface area contributed by atoms with Crippen molar-refractivity contribution in [3.05, 3.63) is 104 Å². The number of imide groups is 1. The Hall–Kier alpha value is -4.26. The maximum atomic E-state index is 13.6. The molecule has 0 unspecified atom stereocenters. The molecule has 4 rings (SSSR count). The van der Waals surface area contributed by atoms with Crippen LogP contribution in [0.5, 0.6) is 0 Å². The summed E-state index contributed by atoms with van der Waals surface area (Å²) in [6.45, 7) is 7.78. The first-order valence-electron chi connectivity index (χ1n) is 10.5. The van der Waals surface area contributed by atoms with Gasteiger partial charge in [0.1, 0.15) is 5.70 Å². The number of non-ortho nitro benzene ring substituents is 1. The van der Waals surface area contributed by atoms with Gasteiger partial charge in [-0.3, -0.25) is 19.7 Å². The van der Waals surface area contributed by atoms with Crippen molar-refractivity contribution < 1.29 is 14.5 Å². The predicted octanol–water partition coefficient (Wildman–Crippen LogP) is 5.23. The van der Waals surface area contributed by atoms with Crippen LogP contribution in [-0.2, 0) is 9.59 Å². The summed E-state index contributed by atoms with van der Waals surface area (Å²) in [5.74, 6) is -0.956. The van der Waals surface area contributed by atoms with E-state index in [1.807, 2.05) is 52.0 Å². The third-order valence-corrected chi connectivity index (χ3v) is 6.06. The quantitative estimate of drug-likeness (QED) is 0.333. The molecule has 166 valence electrons. The monoisotopic (exact) mass is 441 g/mol. The Bertz CT molecular complexity index is 1340. The summed E-state index contributed by atoms with van der Waals surface area (Å²) in [4.78, 5) is 38.8. The minimum atomic E-state index is -0.504. The maximum Gasteiger partial charge on any atom is 0.282 e. The zero-order valence-electron chi connectivity index (χ0n) is 18.8. The van der Waals surface area contributed by atoms with Gasteiger partial charge in [-0.05, 0) is 85.8 Å². The van der Waals surface area contributed by atoms with Crippen LogP contribution in [0.3, 0.4) is 0 Å². The van der Waals surface area contributed by atoms with Crippen LogP contribution in [0.1, 0.15) is 27.8 Å². The molecule has 1 aliphatic heterocycles. The van der Waals surface area contributed by atoms with Gasteiger partial charge < -0.3 is 5.32 Å². The SMILES string of the molecule is Cc1ccc(N2C(=O)C(Nc3cccc(C)c3C)=C(c3ccc([N+](=O)[O-])cc3)C2=O)cc1C. The summed E-state index contributed by atoms with van der Waals surface area (Å²) in [7, 11) is 0. The van der Waals surface area contributed by atoms with Crippen LogP contribution in [0, 0.1) is 37.8 Å². The highest BCUT2D eigenvalue weighted by molar-refractivity contribution is 6.46. The second-order valence-electron chi connectivity index (χ2n) is 8.14. The number of hydrogen-bond donors (Lipinski definition) is 1. The van der Waals surface area contributed by atoms with Gasteiger partial charge in [0, 0.05) is 17.8 Å². The number of nitro groups is 1. The number of hydrogen-bond acceptors (Lipinski definition) is 5. The molecule has 0 aliphatic carbocycles. The lowest BCUT2D eigenvalue weighted by Crippen LogP contribution is -2.32. The van der Waals surface area contributed by atoms with E-state index in [2.05, 4.69) is 5.32 Å². The Labute approximate surface area is 191 Å². The van der Waals surface area contributed by atoms with E-state index in [0.717, 1.165) is 27.2 Å². The van der Waals surface area contributed by atoms with Crippen molar-refractivity contribution in [2.75, 3.05) is 10.2 Å². The number of amides is 2. The van der Waals surface area contributed by atoms with Crippen molar-refractivity contribution in [1.82, 2.24) is 0 Å². The molecule has 3 aromatic rings. The number of benzene rings is 3. The summed E-state index contributed by atoms with van der Waals surface area (Å²) >= 11 is 0. The number of aryl methyl sites for hydroxylation is 3. The summed E-state index contributed by atoms with van der Waals surface area (Å²) in [5.41, 5.74) is 5.85. The number of anilines is 2. The highest BCUT2D eigenvalue weighted by Crippen LogP contribution is 2.35. The minimum Gasteiger partial charge on any atom is -0.350 e. The lowest BCUT2D eigenvalue weighted by Gasteiger charge is -2.17. The maximum absolute atomic E-state index is 13.6. The molecule has 0 radical (unpaired) electrons. The van der Waals surface area contributed by atoms with Crippen LogP contribution in [0.2, 0.25) is 0 Å². The van der Waals surface area contributed by atoms with Crippen LogP contribution in [-0.4, -0.2) is 16.7 Å². The van der Waals surface area contributed by atoms with E-state index in [1.54, 1.807) is 12.1 Å². The van der Waals surface area contributed by atoms with E-state index in [-0.39, 0.29) is 17.0 Å². The van der Waals surface area contributed by atoms with Gasteiger partial charge >= 0.3 is 0 Å². The number of nitrogens with zero attached hydrogens (tertiary/aromatic N) is 2. The first-order chi connectivity index (χ1) is 15.7. The Morgan fingerprint density at radius 3 is 2.15 bits per heavy atom. The van der Waals surface area contributed by atoms with E-state index in [1.165, 1.54) is 24.3 Å². The highest BCUT2D eigenvalue weighted by atomic mass is 16.6. The molecule has 0 saturated heterocycles. The van der Waals surface area contributed by atoms with Gasteiger partial charge in [-0.25, -0.2) is 4.90 Å². The van der Waals surface area contributed by atoms with Crippen molar-refractivity contribution in [2.45, 2.75) is 27.7 Å². The molecular formula is C26H23N3O4. The van der Waals surface area contributed by atoms with Gasteiger partial charge in [0.05, 0.1) is 16.2 Å². The molecule has 0 saturated carbocycles. The third-order valence-electron chi connectivity index (χ3n) is 6.06. The number of carbonyl (C=O) groups is 2. The molecular weight excluding hydrogens is 418 g/mol. The molecule has 33 heavy (non-hydrogen) atoms. The second kappa shape index (κ2) is 8.35. The summed E-state index contributed by atoms with van der Waals surface area (Å²) in [6, 6.07) is 16.7. The van der Waals surface area contributed by atoms with Crippen molar-refractivity contribution >= 4 is 34.4 Å². The summed E-state index contributed by atoms with van der Waals surface area (Å²) in [6.07, 6.45) is 0. The fraction of sp³-hybridized carbons (Fsp3) is 0.154. The predicted molar refractivity (Wildman–Crippen MR) is 128 cm³/mol. The summed E-state index contributed by atoms with van der Waals surface area (Å²) in [5, 5.41) is 14.2. The Balaban J connectivity index is 1.85. The number of nitro benzene ring substituents is 1. The lowest BCUT2D eigenvalue weighted by molar-refractivity contribution is -0.384. The molecule has 7 heteroatoms. The van der Waals surface area contributed by atoms with E-state index in [4.69, 9.17) is 0 Å². The fourth-order valence-corrected chi connectivity index (χ4v) is 3.78. The van der Waals surface area contributed by atoms with Gasteiger partial charge in [0.2, 0.25) is 0 Å². The number of carbonyl (C=O) groups excluding carboxylic acids is 2. The fourth-order valence-electron chi connectivity index (χ4n) is 3.78. The van der Waals surface area contributed by atoms with Crippen LogP contribution >= 0.6 is 0 Å². The highest BCUT2D eigenvalue weighted by Gasteiger charge is 2.40. The largest absolute Gasteiger partial charge is 0.350 e. The van der Waals surface area contributed by atoms with Crippen LogP contribution < -0.4 is 10.2 Å². The molecule has 7 nitrogen and oxygen atoms in total. The molecule has 0 aromatic heterocycles. The molecule has 0 bridgehead atoms. The van der Waals surface area contributed by atoms with Gasteiger partial charge in [-0.2, -0.15) is 0 Å². The van der Waals surface area contributed by atoms with Crippen LogP contribution in [0.25, 0.3) is 5.57 Å². The van der Waals surface area contributed by atoms with E-state index >= 15 is 0 Å². The van der Waals surface area contributed by atoms with Crippen molar-refractivity contribution in [3.8, 4) is 0 Å². The number of rotatable bonds is 5. The zero-order chi connectivity index (χ0) is 23.9. The summed E-state index contributed by atoms with van der Waals surface area (Å²) < 4.78 is 0. The topological polar surface area (TPSA) is 92.6 Å². The second-order valence-corrected chi connectivity index (χ2v) is 8.14. The van der Waals surface area contributed by atoms with Crippen LogP contribution in [0.4, 0.5) is 17.1 Å². The molecule has 0 spiro atoms. The first kappa shape index (κ1) is 22.0. The Morgan fingerprint density at radius 2 is 1.52 bits per heavy atom. The smallest absolute Gasteiger partial charge is 0.282 e. The van der Waals surface area contributed by atoms with Gasteiger partial charge in [-0.1, -0.05) is 18.2 Å². The average molecular weight is 441 g/mol.